The SMILES string of the molecule is COc1cc(OC)c(C(Br)CC2CC2)c(OC)c1. The molecule has 0 heterocycles. The number of ether oxygens (including phenoxy) is 3. The Morgan fingerprint density at radius 1 is 1.11 bits per heavy atom. The van der Waals surface area contributed by atoms with Crippen LogP contribution in [-0.2, 0) is 0 Å². The fourth-order valence-electron chi connectivity index (χ4n) is 2.11. The standard InChI is InChI=1S/C14H19BrO3/c1-16-10-7-12(17-2)14(13(8-10)18-3)11(15)6-9-4-5-9/h7-9,11H,4-6H2,1-3H3. The molecule has 0 radical (unpaired) electrons. The third-order valence-corrected chi connectivity index (χ3v) is 4.14. The zero-order valence-electron chi connectivity index (χ0n) is 11.0. The van der Waals surface area contributed by atoms with Crippen molar-refractivity contribution in [3.8, 4) is 17.2 Å². The van der Waals surface area contributed by atoms with Gasteiger partial charge in [-0.05, 0) is 12.3 Å². The van der Waals surface area contributed by atoms with Crippen LogP contribution in [0.5, 0.6) is 17.2 Å². The zero-order chi connectivity index (χ0) is 13.1. The third-order valence-electron chi connectivity index (χ3n) is 3.30. The van der Waals surface area contributed by atoms with E-state index < -0.39 is 0 Å². The minimum atomic E-state index is 0.265. The molecule has 1 aromatic rings. The summed E-state index contributed by atoms with van der Waals surface area (Å²) in [6.45, 7) is 0. The predicted molar refractivity (Wildman–Crippen MR) is 75.1 cm³/mol. The summed E-state index contributed by atoms with van der Waals surface area (Å²) in [6.07, 6.45) is 3.80. The van der Waals surface area contributed by atoms with Gasteiger partial charge in [0.1, 0.15) is 17.2 Å². The lowest BCUT2D eigenvalue weighted by Gasteiger charge is -2.18. The van der Waals surface area contributed by atoms with E-state index >= 15 is 0 Å². The smallest absolute Gasteiger partial charge is 0.130 e. The Balaban J connectivity index is 2.34. The number of halogens is 1. The molecule has 1 unspecified atom stereocenters. The van der Waals surface area contributed by atoms with Crippen molar-refractivity contribution in [3.63, 3.8) is 0 Å². The predicted octanol–water partition coefficient (Wildman–Crippen LogP) is 3.95. The molecule has 1 aliphatic rings. The molecule has 1 aromatic carbocycles. The number of hydrogen-bond acceptors (Lipinski definition) is 3. The number of methoxy groups -OCH3 is 3. The van der Waals surface area contributed by atoms with Gasteiger partial charge in [-0.3, -0.25) is 0 Å². The molecule has 4 heteroatoms. The largest absolute Gasteiger partial charge is 0.496 e. The highest BCUT2D eigenvalue weighted by Crippen LogP contribution is 2.47. The minimum absolute atomic E-state index is 0.265. The van der Waals surface area contributed by atoms with E-state index in [1.165, 1.54) is 12.8 Å². The van der Waals surface area contributed by atoms with Gasteiger partial charge in [-0.25, -0.2) is 0 Å². The summed E-state index contributed by atoms with van der Waals surface area (Å²) in [5, 5.41) is 0. The average Bonchev–Trinajstić information content (AvgIpc) is 3.20. The third kappa shape index (κ3) is 2.91. The van der Waals surface area contributed by atoms with Crippen molar-refractivity contribution in [1.29, 1.82) is 0 Å². The molecule has 0 aliphatic heterocycles. The quantitative estimate of drug-likeness (QED) is 0.744. The molecule has 0 aromatic heterocycles. The van der Waals surface area contributed by atoms with Crippen LogP contribution in [0.15, 0.2) is 12.1 Å². The van der Waals surface area contributed by atoms with Crippen LogP contribution < -0.4 is 14.2 Å². The summed E-state index contributed by atoms with van der Waals surface area (Å²) in [6, 6.07) is 3.80. The van der Waals surface area contributed by atoms with E-state index in [1.807, 2.05) is 12.1 Å². The molecule has 0 N–H and O–H groups in total. The van der Waals surface area contributed by atoms with Crippen LogP contribution in [0.4, 0.5) is 0 Å². The summed E-state index contributed by atoms with van der Waals surface area (Å²) >= 11 is 3.76. The van der Waals surface area contributed by atoms with Gasteiger partial charge in [0, 0.05) is 17.0 Å². The van der Waals surface area contributed by atoms with Crippen LogP contribution in [0.25, 0.3) is 0 Å². The molecule has 0 spiro atoms. The average molecular weight is 315 g/mol. The summed E-state index contributed by atoms with van der Waals surface area (Å²) < 4.78 is 16.2. The highest BCUT2D eigenvalue weighted by atomic mass is 79.9. The summed E-state index contributed by atoms with van der Waals surface area (Å²) in [7, 11) is 4.99. The van der Waals surface area contributed by atoms with Gasteiger partial charge in [-0.2, -0.15) is 0 Å². The minimum Gasteiger partial charge on any atom is -0.496 e. The molecule has 1 fully saturated rings. The first-order chi connectivity index (χ1) is 8.69. The Hall–Kier alpha value is -0.900. The number of rotatable bonds is 6. The van der Waals surface area contributed by atoms with Crippen molar-refractivity contribution in [2.24, 2.45) is 5.92 Å². The molecule has 0 saturated heterocycles. The molecule has 18 heavy (non-hydrogen) atoms. The van der Waals surface area contributed by atoms with E-state index in [9.17, 15) is 0 Å². The van der Waals surface area contributed by atoms with Crippen LogP contribution in [0, 0.1) is 5.92 Å². The molecule has 0 bridgehead atoms. The van der Waals surface area contributed by atoms with E-state index in [0.717, 1.165) is 35.2 Å². The normalized spacial score (nSPS) is 16.2. The first kappa shape index (κ1) is 13.5. The lowest BCUT2D eigenvalue weighted by atomic mass is 10.0. The molecular weight excluding hydrogens is 296 g/mol. The van der Waals surface area contributed by atoms with Gasteiger partial charge in [0.05, 0.1) is 26.9 Å². The van der Waals surface area contributed by atoms with Gasteiger partial charge < -0.3 is 14.2 Å². The van der Waals surface area contributed by atoms with Gasteiger partial charge in [0.15, 0.2) is 0 Å². The van der Waals surface area contributed by atoms with E-state index in [4.69, 9.17) is 14.2 Å². The number of hydrogen-bond donors (Lipinski definition) is 0. The van der Waals surface area contributed by atoms with E-state index in [1.54, 1.807) is 21.3 Å². The van der Waals surface area contributed by atoms with Gasteiger partial charge in [-0.15, -0.1) is 0 Å². The lowest BCUT2D eigenvalue weighted by molar-refractivity contribution is 0.367. The Morgan fingerprint density at radius 2 is 1.67 bits per heavy atom. The van der Waals surface area contributed by atoms with Gasteiger partial charge in [0.25, 0.3) is 0 Å². The van der Waals surface area contributed by atoms with Crippen molar-refractivity contribution < 1.29 is 14.2 Å². The van der Waals surface area contributed by atoms with Crippen LogP contribution in [0.3, 0.4) is 0 Å². The lowest BCUT2D eigenvalue weighted by Crippen LogP contribution is -2.01. The molecule has 1 saturated carbocycles. The first-order valence-electron chi connectivity index (χ1n) is 6.13. The highest BCUT2D eigenvalue weighted by molar-refractivity contribution is 9.09. The van der Waals surface area contributed by atoms with E-state index in [-0.39, 0.29) is 4.83 Å². The Bertz CT molecular complexity index is 390. The molecule has 2 rings (SSSR count). The topological polar surface area (TPSA) is 27.7 Å². The van der Waals surface area contributed by atoms with Gasteiger partial charge in [0.2, 0.25) is 0 Å². The molecule has 1 atom stereocenters. The Labute approximate surface area is 117 Å². The van der Waals surface area contributed by atoms with Gasteiger partial charge >= 0.3 is 0 Å². The highest BCUT2D eigenvalue weighted by Gasteiger charge is 2.28. The van der Waals surface area contributed by atoms with Crippen LogP contribution in [-0.4, -0.2) is 21.3 Å². The van der Waals surface area contributed by atoms with Crippen molar-refractivity contribution in [3.05, 3.63) is 17.7 Å². The molecule has 1 aliphatic carbocycles. The van der Waals surface area contributed by atoms with Crippen molar-refractivity contribution in [2.45, 2.75) is 24.1 Å². The summed E-state index contributed by atoms with van der Waals surface area (Å²) in [5.74, 6) is 3.21. The van der Waals surface area contributed by atoms with Crippen molar-refractivity contribution in [2.75, 3.05) is 21.3 Å². The monoisotopic (exact) mass is 314 g/mol. The Morgan fingerprint density at radius 3 is 2.06 bits per heavy atom. The van der Waals surface area contributed by atoms with Gasteiger partial charge in [-0.1, -0.05) is 28.8 Å². The maximum Gasteiger partial charge on any atom is 0.130 e. The maximum atomic E-state index is 5.46. The van der Waals surface area contributed by atoms with Crippen LogP contribution >= 0.6 is 15.9 Å². The summed E-state index contributed by atoms with van der Waals surface area (Å²) in [5.41, 5.74) is 1.08. The second-order valence-corrected chi connectivity index (χ2v) is 5.70. The number of benzene rings is 1. The fourth-order valence-corrected chi connectivity index (χ4v) is 3.09. The molecule has 0 amide bonds. The van der Waals surface area contributed by atoms with Crippen LogP contribution in [0.2, 0.25) is 0 Å². The van der Waals surface area contributed by atoms with E-state index in [0.29, 0.717) is 0 Å². The number of alkyl halides is 1. The zero-order valence-corrected chi connectivity index (χ0v) is 12.6. The first-order valence-corrected chi connectivity index (χ1v) is 7.05. The molecule has 100 valence electrons. The van der Waals surface area contributed by atoms with Crippen molar-refractivity contribution >= 4 is 15.9 Å². The second-order valence-electron chi connectivity index (χ2n) is 4.59. The van der Waals surface area contributed by atoms with Crippen molar-refractivity contribution in [1.82, 2.24) is 0 Å². The summed E-state index contributed by atoms with van der Waals surface area (Å²) in [4.78, 5) is 0.265. The Kier molecular flexibility index (Phi) is 4.38. The van der Waals surface area contributed by atoms with Crippen LogP contribution in [0.1, 0.15) is 29.7 Å². The second kappa shape index (κ2) is 5.83. The maximum absolute atomic E-state index is 5.46. The molecule has 3 nitrogen and oxygen atoms in total. The molecular formula is C14H19BrO3. The van der Waals surface area contributed by atoms with E-state index in [2.05, 4.69) is 15.9 Å². The fraction of sp³-hybridized carbons (Fsp3) is 0.571.